The number of rotatable bonds is 1. The van der Waals surface area contributed by atoms with Gasteiger partial charge in [-0.05, 0) is 24.6 Å². The Morgan fingerprint density at radius 2 is 1.68 bits per heavy atom. The first kappa shape index (κ1) is 11.7. The zero-order valence-corrected chi connectivity index (χ0v) is 11.1. The van der Waals surface area contributed by atoms with Crippen molar-refractivity contribution in [2.24, 2.45) is 0 Å². The van der Waals surface area contributed by atoms with Crippen LogP contribution in [-0.2, 0) is 4.79 Å². The zero-order valence-electron chi connectivity index (χ0n) is 11.1. The molecule has 2 heteroatoms. The van der Waals surface area contributed by atoms with E-state index >= 15 is 0 Å². The molecule has 0 fully saturated rings. The molecule has 94 valence electrons. The number of anilines is 1. The Morgan fingerprint density at radius 1 is 1.00 bits per heavy atom. The van der Waals surface area contributed by atoms with E-state index in [1.54, 1.807) is 4.90 Å². The van der Waals surface area contributed by atoms with Crippen LogP contribution >= 0.6 is 0 Å². The Balaban J connectivity index is 2.10. The molecule has 1 aliphatic rings. The summed E-state index contributed by atoms with van der Waals surface area (Å²) in [5, 5.41) is 0. The van der Waals surface area contributed by atoms with Gasteiger partial charge in [-0.2, -0.15) is 0 Å². The summed E-state index contributed by atoms with van der Waals surface area (Å²) in [6, 6.07) is 16.1. The predicted octanol–water partition coefficient (Wildman–Crippen LogP) is 3.51. The maximum absolute atomic E-state index is 12.3. The highest BCUT2D eigenvalue weighted by molar-refractivity contribution is 6.35. The molecule has 0 radical (unpaired) electrons. The molecule has 19 heavy (non-hydrogen) atoms. The molecule has 2 aromatic carbocycles. The summed E-state index contributed by atoms with van der Waals surface area (Å²) in [5.74, 6) is 0.0572. The highest BCUT2D eigenvalue weighted by Crippen LogP contribution is 2.36. The normalized spacial score (nSPS) is 16.0. The van der Waals surface area contributed by atoms with Gasteiger partial charge in [0.05, 0.1) is 5.69 Å². The van der Waals surface area contributed by atoms with E-state index in [0.717, 1.165) is 22.4 Å². The van der Waals surface area contributed by atoms with Gasteiger partial charge in [-0.3, -0.25) is 4.79 Å². The van der Waals surface area contributed by atoms with E-state index in [-0.39, 0.29) is 5.91 Å². The van der Waals surface area contributed by atoms with Crippen LogP contribution in [0.15, 0.2) is 48.5 Å². The number of carbonyl (C=O) groups excluding carboxylic acids is 1. The first-order valence-corrected chi connectivity index (χ1v) is 6.32. The first-order chi connectivity index (χ1) is 9.16. The lowest BCUT2D eigenvalue weighted by Gasteiger charge is -2.07. The first-order valence-electron chi connectivity index (χ1n) is 6.32. The second-order valence-corrected chi connectivity index (χ2v) is 4.85. The van der Waals surface area contributed by atoms with E-state index in [1.807, 2.05) is 49.5 Å². The molecular weight excluding hydrogens is 234 g/mol. The van der Waals surface area contributed by atoms with Crippen molar-refractivity contribution in [1.29, 1.82) is 0 Å². The van der Waals surface area contributed by atoms with Crippen LogP contribution in [0.1, 0.15) is 16.7 Å². The van der Waals surface area contributed by atoms with Crippen LogP contribution in [0.5, 0.6) is 0 Å². The van der Waals surface area contributed by atoms with E-state index in [2.05, 4.69) is 19.1 Å². The molecule has 2 aromatic rings. The van der Waals surface area contributed by atoms with Crippen LogP contribution in [0, 0.1) is 6.92 Å². The van der Waals surface area contributed by atoms with Gasteiger partial charge in [-0.15, -0.1) is 0 Å². The lowest BCUT2D eigenvalue weighted by molar-refractivity contribution is -0.112. The van der Waals surface area contributed by atoms with Gasteiger partial charge in [0, 0.05) is 18.2 Å². The predicted molar refractivity (Wildman–Crippen MR) is 78.9 cm³/mol. The van der Waals surface area contributed by atoms with Crippen LogP contribution in [-0.4, -0.2) is 13.0 Å². The Morgan fingerprint density at radius 3 is 2.42 bits per heavy atom. The van der Waals surface area contributed by atoms with E-state index in [9.17, 15) is 4.79 Å². The van der Waals surface area contributed by atoms with E-state index in [1.165, 1.54) is 5.56 Å². The number of para-hydroxylation sites is 1. The Hall–Kier alpha value is -2.35. The van der Waals surface area contributed by atoms with E-state index < -0.39 is 0 Å². The maximum atomic E-state index is 12.3. The zero-order chi connectivity index (χ0) is 13.4. The standard InChI is InChI=1S/C17H15NO/c1-12-7-9-13(10-8-12)11-15-14-5-3-4-6-16(14)18(2)17(15)19/h3-11H,1-2H3/b15-11+. The molecule has 0 N–H and O–H groups in total. The molecular formula is C17H15NO. The average molecular weight is 249 g/mol. The van der Waals surface area contributed by atoms with Gasteiger partial charge < -0.3 is 4.90 Å². The van der Waals surface area contributed by atoms with Gasteiger partial charge in [0.2, 0.25) is 0 Å². The number of hydrogen-bond donors (Lipinski definition) is 0. The Labute approximate surface area is 113 Å². The molecule has 0 spiro atoms. The van der Waals surface area contributed by atoms with Crippen molar-refractivity contribution in [1.82, 2.24) is 0 Å². The fourth-order valence-corrected chi connectivity index (χ4v) is 2.37. The molecule has 0 aromatic heterocycles. The summed E-state index contributed by atoms with van der Waals surface area (Å²) in [4.78, 5) is 14.0. The summed E-state index contributed by atoms with van der Waals surface area (Å²) < 4.78 is 0. The van der Waals surface area contributed by atoms with Gasteiger partial charge in [0.1, 0.15) is 0 Å². The molecule has 1 aliphatic heterocycles. The maximum Gasteiger partial charge on any atom is 0.258 e. The highest BCUT2D eigenvalue weighted by Gasteiger charge is 2.28. The molecule has 1 heterocycles. The largest absolute Gasteiger partial charge is 0.311 e. The summed E-state index contributed by atoms with van der Waals surface area (Å²) in [7, 11) is 1.82. The minimum absolute atomic E-state index is 0.0572. The number of aryl methyl sites for hydroxylation is 1. The molecule has 0 aliphatic carbocycles. The number of carbonyl (C=O) groups is 1. The third-order valence-electron chi connectivity index (χ3n) is 3.48. The third-order valence-corrected chi connectivity index (χ3v) is 3.48. The second kappa shape index (κ2) is 4.39. The molecule has 0 bridgehead atoms. The number of fused-ring (bicyclic) bond motifs is 1. The van der Waals surface area contributed by atoms with Crippen molar-refractivity contribution >= 4 is 23.2 Å². The van der Waals surface area contributed by atoms with Crippen molar-refractivity contribution in [3.63, 3.8) is 0 Å². The third kappa shape index (κ3) is 1.95. The number of likely N-dealkylation sites (N-methyl/N-ethyl adjacent to an activating group) is 1. The summed E-state index contributed by atoms with van der Waals surface area (Å²) >= 11 is 0. The number of nitrogens with zero attached hydrogens (tertiary/aromatic N) is 1. The quantitative estimate of drug-likeness (QED) is 0.708. The summed E-state index contributed by atoms with van der Waals surface area (Å²) in [6.45, 7) is 2.06. The van der Waals surface area contributed by atoms with Crippen molar-refractivity contribution in [3.05, 3.63) is 65.2 Å². The minimum atomic E-state index is 0.0572. The van der Waals surface area contributed by atoms with Crippen molar-refractivity contribution < 1.29 is 4.79 Å². The molecule has 0 unspecified atom stereocenters. The molecule has 0 saturated heterocycles. The highest BCUT2D eigenvalue weighted by atomic mass is 16.2. The van der Waals surface area contributed by atoms with Crippen LogP contribution < -0.4 is 4.90 Å². The molecule has 1 amide bonds. The van der Waals surface area contributed by atoms with Gasteiger partial charge in [0.15, 0.2) is 0 Å². The average Bonchev–Trinajstić information content (AvgIpc) is 2.67. The Bertz CT molecular complexity index is 668. The number of hydrogen-bond acceptors (Lipinski definition) is 1. The monoisotopic (exact) mass is 249 g/mol. The molecule has 0 atom stereocenters. The topological polar surface area (TPSA) is 20.3 Å². The van der Waals surface area contributed by atoms with Crippen LogP contribution in [0.3, 0.4) is 0 Å². The fourth-order valence-electron chi connectivity index (χ4n) is 2.37. The van der Waals surface area contributed by atoms with Crippen molar-refractivity contribution in [2.75, 3.05) is 11.9 Å². The lowest BCUT2D eigenvalue weighted by Crippen LogP contribution is -2.20. The van der Waals surface area contributed by atoms with Gasteiger partial charge in [-0.1, -0.05) is 48.0 Å². The van der Waals surface area contributed by atoms with Crippen molar-refractivity contribution in [3.8, 4) is 0 Å². The molecule has 0 saturated carbocycles. The Kier molecular flexibility index (Phi) is 2.71. The minimum Gasteiger partial charge on any atom is -0.311 e. The van der Waals surface area contributed by atoms with Gasteiger partial charge in [-0.25, -0.2) is 0 Å². The SMILES string of the molecule is Cc1ccc(/C=C2/C(=O)N(C)c3ccccc32)cc1. The van der Waals surface area contributed by atoms with E-state index in [4.69, 9.17) is 0 Å². The summed E-state index contributed by atoms with van der Waals surface area (Å²) in [5.41, 5.74) is 5.03. The smallest absolute Gasteiger partial charge is 0.258 e. The molecule has 3 rings (SSSR count). The van der Waals surface area contributed by atoms with Crippen LogP contribution in [0.25, 0.3) is 11.6 Å². The number of benzene rings is 2. The van der Waals surface area contributed by atoms with E-state index in [0.29, 0.717) is 0 Å². The van der Waals surface area contributed by atoms with Gasteiger partial charge in [0.25, 0.3) is 5.91 Å². The fraction of sp³-hybridized carbons (Fsp3) is 0.118. The summed E-state index contributed by atoms with van der Waals surface area (Å²) in [6.07, 6.45) is 1.96. The lowest BCUT2D eigenvalue weighted by atomic mass is 10.0. The molecule has 2 nitrogen and oxygen atoms in total. The van der Waals surface area contributed by atoms with Crippen LogP contribution in [0.4, 0.5) is 5.69 Å². The number of amides is 1. The van der Waals surface area contributed by atoms with Gasteiger partial charge >= 0.3 is 0 Å². The van der Waals surface area contributed by atoms with Crippen LogP contribution in [0.2, 0.25) is 0 Å². The second-order valence-electron chi connectivity index (χ2n) is 4.85. The van der Waals surface area contributed by atoms with Crippen molar-refractivity contribution in [2.45, 2.75) is 6.92 Å².